The van der Waals surface area contributed by atoms with Crippen LogP contribution < -0.4 is 15.1 Å². The van der Waals surface area contributed by atoms with Gasteiger partial charge in [-0.15, -0.1) is 0 Å². The minimum Gasteiger partial charge on any atom is -0.368 e. The highest BCUT2D eigenvalue weighted by Crippen LogP contribution is 2.22. The molecule has 4 rings (SSSR count). The van der Waals surface area contributed by atoms with Crippen molar-refractivity contribution in [3.8, 4) is 6.07 Å². The Labute approximate surface area is 158 Å². The van der Waals surface area contributed by atoms with Crippen molar-refractivity contribution in [2.24, 2.45) is 0 Å². The summed E-state index contributed by atoms with van der Waals surface area (Å²) in [4.78, 5) is 13.4. The molecule has 27 heavy (non-hydrogen) atoms. The molecular formula is C21H20N6. The van der Waals surface area contributed by atoms with Crippen molar-refractivity contribution < 1.29 is 0 Å². The summed E-state index contributed by atoms with van der Waals surface area (Å²) in [5.41, 5.74) is 2.72. The van der Waals surface area contributed by atoms with E-state index in [1.165, 1.54) is 5.69 Å². The summed E-state index contributed by atoms with van der Waals surface area (Å²) in [5.74, 6) is 1.64. The fraction of sp³-hybridized carbons (Fsp3) is 0.190. The number of nitrogens with one attached hydrogen (secondary N) is 1. The van der Waals surface area contributed by atoms with Gasteiger partial charge in [0.15, 0.2) is 0 Å². The largest absolute Gasteiger partial charge is 0.368 e. The van der Waals surface area contributed by atoms with Gasteiger partial charge in [0, 0.05) is 43.6 Å². The van der Waals surface area contributed by atoms with Gasteiger partial charge in [-0.3, -0.25) is 0 Å². The standard InChI is InChI=1S/C21H20N6/c22-15-17-5-4-6-18(13-17)25-20-14-21(24-16-23-20)27-11-9-26(10-12-27)19-7-2-1-3-8-19/h1-8,13-14,16H,9-12H2,(H,23,24,25). The predicted octanol–water partition coefficient (Wildman–Crippen LogP) is 3.42. The van der Waals surface area contributed by atoms with E-state index in [0.717, 1.165) is 43.5 Å². The number of aromatic nitrogens is 2. The van der Waals surface area contributed by atoms with E-state index >= 15 is 0 Å². The topological polar surface area (TPSA) is 68.1 Å². The molecule has 6 heteroatoms. The van der Waals surface area contributed by atoms with Gasteiger partial charge >= 0.3 is 0 Å². The molecule has 0 atom stereocenters. The van der Waals surface area contributed by atoms with Crippen LogP contribution >= 0.6 is 0 Å². The second-order valence-electron chi connectivity index (χ2n) is 6.39. The summed E-state index contributed by atoms with van der Waals surface area (Å²) in [6.07, 6.45) is 1.58. The zero-order valence-electron chi connectivity index (χ0n) is 14.9. The summed E-state index contributed by atoms with van der Waals surface area (Å²) >= 11 is 0. The van der Waals surface area contributed by atoms with Crippen molar-refractivity contribution in [3.63, 3.8) is 0 Å². The molecule has 3 aromatic rings. The quantitative estimate of drug-likeness (QED) is 0.773. The lowest BCUT2D eigenvalue weighted by Gasteiger charge is -2.36. The maximum Gasteiger partial charge on any atom is 0.135 e. The number of hydrogen-bond acceptors (Lipinski definition) is 6. The van der Waals surface area contributed by atoms with E-state index in [-0.39, 0.29) is 0 Å². The minimum atomic E-state index is 0.617. The van der Waals surface area contributed by atoms with Crippen LogP contribution in [0.3, 0.4) is 0 Å². The van der Waals surface area contributed by atoms with Crippen molar-refractivity contribution >= 4 is 23.0 Å². The molecule has 0 unspecified atom stereocenters. The molecule has 1 aliphatic heterocycles. The fourth-order valence-corrected chi connectivity index (χ4v) is 3.24. The van der Waals surface area contributed by atoms with Gasteiger partial charge in [0.2, 0.25) is 0 Å². The second-order valence-corrected chi connectivity index (χ2v) is 6.39. The first-order valence-corrected chi connectivity index (χ1v) is 8.96. The van der Waals surface area contributed by atoms with Crippen LogP contribution in [0.15, 0.2) is 67.0 Å². The zero-order chi connectivity index (χ0) is 18.5. The highest BCUT2D eigenvalue weighted by molar-refractivity contribution is 5.61. The third kappa shape index (κ3) is 3.98. The third-order valence-corrected chi connectivity index (χ3v) is 4.64. The number of piperazine rings is 1. The van der Waals surface area contributed by atoms with Gasteiger partial charge in [-0.25, -0.2) is 9.97 Å². The monoisotopic (exact) mass is 356 g/mol. The molecule has 0 radical (unpaired) electrons. The summed E-state index contributed by atoms with van der Waals surface area (Å²) in [7, 11) is 0. The van der Waals surface area contributed by atoms with Gasteiger partial charge in [-0.2, -0.15) is 5.26 Å². The first-order valence-electron chi connectivity index (χ1n) is 8.96. The normalized spacial score (nSPS) is 13.9. The summed E-state index contributed by atoms with van der Waals surface area (Å²) in [6.45, 7) is 3.74. The Morgan fingerprint density at radius 3 is 2.41 bits per heavy atom. The molecule has 1 aromatic heterocycles. The van der Waals surface area contributed by atoms with Gasteiger partial charge in [0.25, 0.3) is 0 Å². The molecular weight excluding hydrogens is 336 g/mol. The Hall–Kier alpha value is -3.59. The van der Waals surface area contributed by atoms with Gasteiger partial charge in [0.1, 0.15) is 18.0 Å². The molecule has 2 heterocycles. The molecule has 1 aliphatic rings. The van der Waals surface area contributed by atoms with Crippen LogP contribution in [0, 0.1) is 11.3 Å². The van der Waals surface area contributed by atoms with Crippen LogP contribution in [-0.2, 0) is 0 Å². The van der Waals surface area contributed by atoms with Crippen molar-refractivity contribution in [1.29, 1.82) is 5.26 Å². The molecule has 0 saturated carbocycles. The summed E-state index contributed by atoms with van der Waals surface area (Å²) in [6, 6.07) is 22.0. The van der Waals surface area contributed by atoms with Crippen molar-refractivity contribution in [1.82, 2.24) is 9.97 Å². The zero-order valence-corrected chi connectivity index (χ0v) is 14.9. The van der Waals surface area contributed by atoms with Crippen molar-refractivity contribution in [2.75, 3.05) is 41.3 Å². The molecule has 1 fully saturated rings. The Morgan fingerprint density at radius 1 is 0.852 bits per heavy atom. The Morgan fingerprint density at radius 2 is 1.63 bits per heavy atom. The highest BCUT2D eigenvalue weighted by atomic mass is 15.3. The van der Waals surface area contributed by atoms with E-state index in [1.54, 1.807) is 18.5 Å². The molecule has 1 N–H and O–H groups in total. The van der Waals surface area contributed by atoms with Crippen molar-refractivity contribution in [3.05, 3.63) is 72.6 Å². The van der Waals surface area contributed by atoms with E-state index in [1.807, 2.05) is 24.3 Å². The number of para-hydroxylation sites is 1. The lowest BCUT2D eigenvalue weighted by Crippen LogP contribution is -2.46. The first kappa shape index (κ1) is 16.9. The highest BCUT2D eigenvalue weighted by Gasteiger charge is 2.18. The molecule has 1 saturated heterocycles. The van der Waals surface area contributed by atoms with E-state index in [0.29, 0.717) is 5.56 Å². The second kappa shape index (κ2) is 7.75. The van der Waals surface area contributed by atoms with Crippen LogP contribution in [0.5, 0.6) is 0 Å². The SMILES string of the molecule is N#Cc1cccc(Nc2cc(N3CCN(c4ccccc4)CC3)ncn2)c1. The minimum absolute atomic E-state index is 0.617. The van der Waals surface area contributed by atoms with Gasteiger partial charge in [0.05, 0.1) is 11.6 Å². The van der Waals surface area contributed by atoms with Crippen LogP contribution in [0.1, 0.15) is 5.56 Å². The smallest absolute Gasteiger partial charge is 0.135 e. The van der Waals surface area contributed by atoms with E-state index < -0.39 is 0 Å². The van der Waals surface area contributed by atoms with Gasteiger partial charge in [-0.05, 0) is 30.3 Å². The fourth-order valence-electron chi connectivity index (χ4n) is 3.24. The lowest BCUT2D eigenvalue weighted by molar-refractivity contribution is 0.647. The van der Waals surface area contributed by atoms with Gasteiger partial charge < -0.3 is 15.1 Å². The maximum atomic E-state index is 9.03. The summed E-state index contributed by atoms with van der Waals surface area (Å²) in [5, 5.41) is 12.3. The molecule has 0 bridgehead atoms. The van der Waals surface area contributed by atoms with E-state index in [2.05, 4.69) is 55.4 Å². The number of nitrogens with zero attached hydrogens (tertiary/aromatic N) is 5. The summed E-state index contributed by atoms with van der Waals surface area (Å²) < 4.78 is 0. The molecule has 2 aromatic carbocycles. The maximum absolute atomic E-state index is 9.03. The first-order chi connectivity index (χ1) is 13.3. The Kier molecular flexibility index (Phi) is 4.84. The average molecular weight is 356 g/mol. The van der Waals surface area contributed by atoms with Crippen LogP contribution in [0.25, 0.3) is 0 Å². The van der Waals surface area contributed by atoms with E-state index in [9.17, 15) is 0 Å². The van der Waals surface area contributed by atoms with Crippen LogP contribution in [0.2, 0.25) is 0 Å². The molecule has 6 nitrogen and oxygen atoms in total. The third-order valence-electron chi connectivity index (χ3n) is 4.64. The lowest BCUT2D eigenvalue weighted by atomic mass is 10.2. The molecule has 0 aliphatic carbocycles. The number of benzene rings is 2. The van der Waals surface area contributed by atoms with Crippen molar-refractivity contribution in [2.45, 2.75) is 0 Å². The Balaban J connectivity index is 1.43. The number of rotatable bonds is 4. The number of nitriles is 1. The average Bonchev–Trinajstić information content (AvgIpc) is 2.75. The number of hydrogen-bond donors (Lipinski definition) is 1. The molecule has 134 valence electrons. The number of anilines is 4. The predicted molar refractivity (Wildman–Crippen MR) is 107 cm³/mol. The van der Waals surface area contributed by atoms with Gasteiger partial charge in [-0.1, -0.05) is 24.3 Å². The Bertz CT molecular complexity index is 942. The van der Waals surface area contributed by atoms with Crippen LogP contribution in [-0.4, -0.2) is 36.1 Å². The van der Waals surface area contributed by atoms with E-state index in [4.69, 9.17) is 5.26 Å². The van der Waals surface area contributed by atoms with Crippen LogP contribution in [0.4, 0.5) is 23.0 Å². The molecule has 0 spiro atoms. The molecule has 0 amide bonds.